The fourth-order valence-corrected chi connectivity index (χ4v) is 3.39. The molecule has 0 aliphatic carbocycles. The standard InChI is InChI=1S/C20H30N6O2/c1-4-25-7-9-26(10-8-25)19-14-18(23-24(19)2)20(22)16-13-15(5-6-17(16)21)28-12-11-27-3/h5-6,13-14,22H,4,7-12,21H2,1-3H3. The molecule has 1 aliphatic rings. The quantitative estimate of drug-likeness (QED) is 0.407. The molecule has 28 heavy (non-hydrogen) atoms. The third kappa shape index (κ3) is 4.45. The smallest absolute Gasteiger partial charge is 0.127 e. The summed E-state index contributed by atoms with van der Waals surface area (Å²) in [4.78, 5) is 4.76. The van der Waals surface area contributed by atoms with Crippen LogP contribution in [0.2, 0.25) is 0 Å². The topological polar surface area (TPSA) is 92.6 Å². The molecule has 1 aromatic carbocycles. The first-order valence-electron chi connectivity index (χ1n) is 9.65. The largest absolute Gasteiger partial charge is 0.491 e. The van der Waals surface area contributed by atoms with Gasteiger partial charge in [-0.25, -0.2) is 0 Å². The predicted octanol–water partition coefficient (Wildman–Crippen LogP) is 1.59. The van der Waals surface area contributed by atoms with Gasteiger partial charge in [-0.1, -0.05) is 6.92 Å². The lowest BCUT2D eigenvalue weighted by atomic mass is 10.0. The SMILES string of the molecule is CCN1CCN(c2cc(C(=N)c3cc(OCCOC)ccc3N)nn2C)CC1. The molecule has 0 atom stereocenters. The maximum atomic E-state index is 8.64. The highest BCUT2D eigenvalue weighted by Gasteiger charge is 2.21. The minimum absolute atomic E-state index is 0.295. The van der Waals surface area contributed by atoms with E-state index in [2.05, 4.69) is 21.8 Å². The van der Waals surface area contributed by atoms with Gasteiger partial charge in [-0.15, -0.1) is 0 Å². The lowest BCUT2D eigenvalue weighted by Gasteiger charge is -2.35. The molecule has 1 aromatic heterocycles. The van der Waals surface area contributed by atoms with Gasteiger partial charge in [0.05, 0.1) is 12.3 Å². The fraction of sp³-hybridized carbons (Fsp3) is 0.500. The molecule has 3 rings (SSSR count). The minimum atomic E-state index is 0.295. The van der Waals surface area contributed by atoms with Gasteiger partial charge in [0.2, 0.25) is 0 Å². The molecule has 0 spiro atoms. The van der Waals surface area contributed by atoms with Crippen molar-refractivity contribution in [2.24, 2.45) is 7.05 Å². The van der Waals surface area contributed by atoms with Crippen molar-refractivity contribution in [2.45, 2.75) is 6.92 Å². The average molecular weight is 387 g/mol. The molecular weight excluding hydrogens is 356 g/mol. The number of hydrogen-bond acceptors (Lipinski definition) is 7. The summed E-state index contributed by atoms with van der Waals surface area (Å²) in [6.07, 6.45) is 0. The van der Waals surface area contributed by atoms with Crippen LogP contribution >= 0.6 is 0 Å². The molecule has 0 radical (unpaired) electrons. The molecule has 1 fully saturated rings. The van der Waals surface area contributed by atoms with Crippen molar-refractivity contribution in [3.63, 3.8) is 0 Å². The van der Waals surface area contributed by atoms with E-state index in [1.807, 2.05) is 17.8 Å². The van der Waals surface area contributed by atoms with Gasteiger partial charge >= 0.3 is 0 Å². The summed E-state index contributed by atoms with van der Waals surface area (Å²) in [7, 11) is 3.56. The number of methoxy groups -OCH3 is 1. The second-order valence-corrected chi connectivity index (χ2v) is 6.90. The zero-order valence-corrected chi connectivity index (χ0v) is 16.9. The Bertz CT molecular complexity index is 811. The van der Waals surface area contributed by atoms with Gasteiger partial charge in [-0.3, -0.25) is 10.1 Å². The highest BCUT2D eigenvalue weighted by molar-refractivity contribution is 6.13. The number of nitrogens with two attached hydrogens (primary N) is 1. The molecule has 3 N–H and O–H groups in total. The van der Waals surface area contributed by atoms with Crippen LogP contribution in [0.4, 0.5) is 11.5 Å². The Hall–Kier alpha value is -2.58. The van der Waals surface area contributed by atoms with Gasteiger partial charge in [0.25, 0.3) is 0 Å². The number of hydrogen-bond donors (Lipinski definition) is 2. The number of likely N-dealkylation sites (N-methyl/N-ethyl adjacent to an activating group) is 1. The molecule has 2 heterocycles. The van der Waals surface area contributed by atoms with Crippen molar-refractivity contribution in [3.8, 4) is 5.75 Å². The Morgan fingerprint density at radius 1 is 1.18 bits per heavy atom. The van der Waals surface area contributed by atoms with Crippen molar-refractivity contribution in [1.82, 2.24) is 14.7 Å². The maximum absolute atomic E-state index is 8.64. The maximum Gasteiger partial charge on any atom is 0.127 e. The summed E-state index contributed by atoms with van der Waals surface area (Å²) in [5.74, 6) is 1.69. The molecule has 1 aliphatic heterocycles. The third-order valence-electron chi connectivity index (χ3n) is 5.11. The summed E-state index contributed by atoms with van der Waals surface area (Å²) in [6, 6.07) is 7.34. The van der Waals surface area contributed by atoms with Crippen molar-refractivity contribution in [1.29, 1.82) is 5.41 Å². The number of piperazine rings is 1. The van der Waals surface area contributed by atoms with E-state index in [0.29, 0.717) is 41.6 Å². The van der Waals surface area contributed by atoms with Gasteiger partial charge in [-0.2, -0.15) is 5.10 Å². The van der Waals surface area contributed by atoms with Gasteiger partial charge in [-0.05, 0) is 24.7 Å². The number of aromatic nitrogens is 2. The zero-order valence-electron chi connectivity index (χ0n) is 16.9. The van der Waals surface area contributed by atoms with Crippen molar-refractivity contribution in [3.05, 3.63) is 35.5 Å². The minimum Gasteiger partial charge on any atom is -0.491 e. The highest BCUT2D eigenvalue weighted by Crippen LogP contribution is 2.24. The van der Waals surface area contributed by atoms with E-state index >= 15 is 0 Å². The van der Waals surface area contributed by atoms with Crippen LogP contribution in [0.15, 0.2) is 24.3 Å². The van der Waals surface area contributed by atoms with E-state index in [1.165, 1.54) is 0 Å². The van der Waals surface area contributed by atoms with E-state index in [-0.39, 0.29) is 0 Å². The molecule has 0 unspecified atom stereocenters. The van der Waals surface area contributed by atoms with Crippen LogP contribution in [-0.4, -0.2) is 73.4 Å². The number of anilines is 2. The van der Waals surface area contributed by atoms with Gasteiger partial charge in [0, 0.05) is 57.7 Å². The van der Waals surface area contributed by atoms with Crippen LogP contribution in [0, 0.1) is 5.41 Å². The van der Waals surface area contributed by atoms with E-state index in [1.54, 1.807) is 25.3 Å². The van der Waals surface area contributed by atoms with Gasteiger partial charge < -0.3 is 25.0 Å². The molecule has 0 amide bonds. The highest BCUT2D eigenvalue weighted by atomic mass is 16.5. The number of nitrogens with one attached hydrogen (secondary N) is 1. The monoisotopic (exact) mass is 386 g/mol. The van der Waals surface area contributed by atoms with E-state index in [4.69, 9.17) is 20.6 Å². The summed E-state index contributed by atoms with van der Waals surface area (Å²) in [6.45, 7) is 8.24. The Kier molecular flexibility index (Phi) is 6.53. The first-order chi connectivity index (χ1) is 13.5. The molecule has 8 heteroatoms. The van der Waals surface area contributed by atoms with Crippen LogP contribution in [0.25, 0.3) is 0 Å². The molecule has 8 nitrogen and oxygen atoms in total. The second kappa shape index (κ2) is 9.07. The van der Waals surface area contributed by atoms with Gasteiger partial charge in [0.1, 0.15) is 23.9 Å². The lowest BCUT2D eigenvalue weighted by Crippen LogP contribution is -2.46. The number of ether oxygens (including phenoxy) is 2. The number of nitrogen functional groups attached to an aromatic ring is 1. The Morgan fingerprint density at radius 2 is 1.93 bits per heavy atom. The number of aryl methyl sites for hydroxylation is 1. The van der Waals surface area contributed by atoms with Crippen LogP contribution in [0.1, 0.15) is 18.2 Å². The van der Waals surface area contributed by atoms with Crippen LogP contribution < -0.4 is 15.4 Å². The van der Waals surface area contributed by atoms with Crippen molar-refractivity contribution < 1.29 is 9.47 Å². The van der Waals surface area contributed by atoms with Crippen LogP contribution in [0.3, 0.4) is 0 Å². The molecular formula is C20H30N6O2. The van der Waals surface area contributed by atoms with Crippen molar-refractivity contribution >= 4 is 17.2 Å². The number of rotatable bonds is 8. The van der Waals surface area contributed by atoms with Crippen molar-refractivity contribution in [2.75, 3.05) is 63.7 Å². The second-order valence-electron chi connectivity index (χ2n) is 6.90. The Balaban J connectivity index is 1.77. The summed E-state index contributed by atoms with van der Waals surface area (Å²) in [5.41, 5.74) is 8.19. The average Bonchev–Trinajstić information content (AvgIpc) is 3.10. The Labute approximate surface area is 166 Å². The number of nitrogens with zero attached hydrogens (tertiary/aromatic N) is 4. The van der Waals surface area contributed by atoms with Gasteiger partial charge in [0.15, 0.2) is 0 Å². The molecule has 2 aromatic rings. The first-order valence-corrected chi connectivity index (χ1v) is 9.65. The molecule has 152 valence electrons. The fourth-order valence-electron chi connectivity index (χ4n) is 3.39. The van der Waals surface area contributed by atoms with Crippen LogP contribution in [-0.2, 0) is 11.8 Å². The molecule has 0 saturated carbocycles. The molecule has 1 saturated heterocycles. The zero-order chi connectivity index (χ0) is 20.1. The Morgan fingerprint density at radius 3 is 2.61 bits per heavy atom. The summed E-state index contributed by atoms with van der Waals surface area (Å²) < 4.78 is 12.5. The number of benzene rings is 1. The van der Waals surface area contributed by atoms with Crippen LogP contribution in [0.5, 0.6) is 5.75 Å². The molecule has 0 bridgehead atoms. The van der Waals surface area contributed by atoms with E-state index < -0.39 is 0 Å². The normalized spacial score (nSPS) is 15.0. The first kappa shape index (κ1) is 20.2. The van der Waals surface area contributed by atoms with E-state index in [9.17, 15) is 0 Å². The summed E-state index contributed by atoms with van der Waals surface area (Å²) >= 11 is 0. The third-order valence-corrected chi connectivity index (χ3v) is 5.11. The summed E-state index contributed by atoms with van der Waals surface area (Å²) in [5, 5.41) is 13.2. The van der Waals surface area contributed by atoms with E-state index in [0.717, 1.165) is 38.5 Å². The predicted molar refractivity (Wildman–Crippen MR) is 112 cm³/mol. The lowest BCUT2D eigenvalue weighted by molar-refractivity contribution is 0.146.